The second-order valence-corrected chi connectivity index (χ2v) is 4.49. The second-order valence-electron chi connectivity index (χ2n) is 3.69. The van der Waals surface area contributed by atoms with E-state index in [4.69, 9.17) is 0 Å². The van der Waals surface area contributed by atoms with Gasteiger partial charge in [0, 0.05) is 24.1 Å². The smallest absolute Gasteiger partial charge is 0.143 e. The molecule has 1 aromatic carbocycles. The normalized spacial score (nSPS) is 19.2. The number of hydrogen-bond acceptors (Lipinski definition) is 3. The van der Waals surface area contributed by atoms with Crippen LogP contribution in [0.3, 0.4) is 0 Å². The highest BCUT2D eigenvalue weighted by molar-refractivity contribution is 7.98. The highest BCUT2D eigenvalue weighted by Crippen LogP contribution is 2.41. The van der Waals surface area contributed by atoms with Gasteiger partial charge in [-0.3, -0.25) is 0 Å². The average Bonchev–Trinajstić information content (AvgIpc) is 3.00. The van der Waals surface area contributed by atoms with Crippen LogP contribution in [0, 0.1) is 11.6 Å². The molecule has 1 saturated carbocycles. The Hall–Kier alpha value is -1.10. The summed E-state index contributed by atoms with van der Waals surface area (Å²) in [4.78, 5) is 2.28. The van der Waals surface area contributed by atoms with Gasteiger partial charge in [0.15, 0.2) is 0 Å². The van der Waals surface area contributed by atoms with Gasteiger partial charge in [0.25, 0.3) is 0 Å². The van der Waals surface area contributed by atoms with E-state index in [1.807, 2.05) is 4.90 Å². The summed E-state index contributed by atoms with van der Waals surface area (Å²) in [5.74, 6) is -1.06. The number of rotatable bonds is 1. The van der Waals surface area contributed by atoms with Gasteiger partial charge in [-0.05, 0) is 18.9 Å². The molecule has 5 heteroatoms. The van der Waals surface area contributed by atoms with Gasteiger partial charge in [-0.1, -0.05) is 0 Å². The third-order valence-corrected chi connectivity index (χ3v) is 3.31. The topological polar surface area (TPSA) is 15.6 Å². The van der Waals surface area contributed by atoms with E-state index in [-0.39, 0.29) is 0 Å². The summed E-state index contributed by atoms with van der Waals surface area (Å²) in [5, 5.41) is 0. The van der Waals surface area contributed by atoms with E-state index in [2.05, 4.69) is 4.40 Å². The van der Waals surface area contributed by atoms with Crippen LogP contribution in [-0.2, 0) is 0 Å². The molecule has 0 spiro atoms. The van der Waals surface area contributed by atoms with Crippen molar-refractivity contribution in [3.8, 4) is 0 Å². The Morgan fingerprint density at radius 1 is 1.33 bits per heavy atom. The molecule has 2 nitrogen and oxygen atoms in total. The van der Waals surface area contributed by atoms with Crippen molar-refractivity contribution in [1.82, 2.24) is 0 Å². The molecular weight excluding hydrogens is 218 g/mol. The second kappa shape index (κ2) is 3.20. The summed E-state index contributed by atoms with van der Waals surface area (Å²) in [6.07, 6.45) is 3.78. The van der Waals surface area contributed by atoms with Crippen molar-refractivity contribution in [2.24, 2.45) is 4.40 Å². The summed E-state index contributed by atoms with van der Waals surface area (Å²) in [6.45, 7) is 0. The minimum absolute atomic E-state index is 0.370. The standard InChI is InChI=1S/C10H8F2N2S/c11-6-3-8(12)10-9(4-6)14(5-13-15-10)7-1-2-7/h3-5,7H,1-2H2. The number of benzene rings is 1. The van der Waals surface area contributed by atoms with Gasteiger partial charge in [-0.2, -0.15) is 0 Å². The number of nitrogens with zero attached hydrogens (tertiary/aromatic N) is 2. The van der Waals surface area contributed by atoms with Crippen molar-refractivity contribution in [3.63, 3.8) is 0 Å². The van der Waals surface area contributed by atoms with E-state index in [1.165, 1.54) is 6.07 Å². The Morgan fingerprint density at radius 2 is 2.13 bits per heavy atom. The molecule has 0 atom stereocenters. The van der Waals surface area contributed by atoms with E-state index in [0.717, 1.165) is 30.9 Å². The fraction of sp³-hybridized carbons (Fsp3) is 0.300. The minimum Gasteiger partial charge on any atom is -0.328 e. The minimum atomic E-state index is -0.534. The van der Waals surface area contributed by atoms with Gasteiger partial charge in [0.05, 0.1) is 10.6 Å². The summed E-state index contributed by atoms with van der Waals surface area (Å²) in [7, 11) is 0. The maximum absolute atomic E-state index is 13.4. The average molecular weight is 226 g/mol. The first-order valence-corrected chi connectivity index (χ1v) is 5.51. The predicted molar refractivity (Wildman–Crippen MR) is 56.2 cm³/mol. The summed E-state index contributed by atoms with van der Waals surface area (Å²) in [6, 6.07) is 2.64. The molecule has 0 radical (unpaired) electrons. The van der Waals surface area contributed by atoms with Gasteiger partial charge in [-0.25, -0.2) is 13.2 Å². The SMILES string of the molecule is Fc1cc(F)c2c(c1)N(C1CC1)C=NS2. The highest BCUT2D eigenvalue weighted by atomic mass is 32.2. The summed E-state index contributed by atoms with van der Waals surface area (Å²) in [5.41, 5.74) is 0.606. The number of hydrogen-bond donors (Lipinski definition) is 0. The van der Waals surface area contributed by atoms with Crippen molar-refractivity contribution in [1.29, 1.82) is 0 Å². The molecule has 0 amide bonds. The zero-order valence-corrected chi connectivity index (χ0v) is 8.60. The van der Waals surface area contributed by atoms with Gasteiger partial charge in [0.2, 0.25) is 0 Å². The van der Waals surface area contributed by atoms with Crippen molar-refractivity contribution >= 4 is 24.0 Å². The van der Waals surface area contributed by atoms with Crippen molar-refractivity contribution in [2.45, 2.75) is 23.8 Å². The molecule has 0 saturated heterocycles. The van der Waals surface area contributed by atoms with E-state index in [0.29, 0.717) is 16.6 Å². The molecule has 0 aromatic heterocycles. The van der Waals surface area contributed by atoms with Crippen LogP contribution in [0.2, 0.25) is 0 Å². The van der Waals surface area contributed by atoms with Crippen LogP contribution in [0.4, 0.5) is 14.5 Å². The Balaban J connectivity index is 2.12. The van der Waals surface area contributed by atoms with Crippen LogP contribution in [0.15, 0.2) is 21.4 Å². The maximum atomic E-state index is 13.4. The molecule has 15 heavy (non-hydrogen) atoms. The molecular formula is C10H8F2N2S. The molecule has 3 rings (SSSR count). The van der Waals surface area contributed by atoms with E-state index in [9.17, 15) is 8.78 Å². The van der Waals surface area contributed by atoms with Crippen LogP contribution < -0.4 is 4.90 Å². The zero-order chi connectivity index (χ0) is 10.4. The highest BCUT2D eigenvalue weighted by Gasteiger charge is 2.32. The van der Waals surface area contributed by atoms with Gasteiger partial charge >= 0.3 is 0 Å². The number of fused-ring (bicyclic) bond motifs is 1. The molecule has 0 N–H and O–H groups in total. The third kappa shape index (κ3) is 1.51. The lowest BCUT2D eigenvalue weighted by Crippen LogP contribution is -2.26. The van der Waals surface area contributed by atoms with Crippen LogP contribution in [0.25, 0.3) is 0 Å². The molecule has 2 aliphatic rings. The number of anilines is 1. The molecule has 0 unspecified atom stereocenters. The maximum Gasteiger partial charge on any atom is 0.143 e. The monoisotopic (exact) mass is 226 g/mol. The van der Waals surface area contributed by atoms with Crippen LogP contribution in [-0.4, -0.2) is 12.4 Å². The van der Waals surface area contributed by atoms with Crippen LogP contribution in [0.5, 0.6) is 0 Å². The Bertz CT molecular complexity index is 443. The van der Waals surface area contributed by atoms with Crippen LogP contribution in [0.1, 0.15) is 12.8 Å². The zero-order valence-electron chi connectivity index (χ0n) is 7.78. The molecule has 1 aliphatic heterocycles. The molecule has 1 aliphatic carbocycles. The molecule has 78 valence electrons. The first kappa shape index (κ1) is 9.15. The van der Waals surface area contributed by atoms with Gasteiger partial charge in [0.1, 0.15) is 18.0 Å². The summed E-state index contributed by atoms with van der Waals surface area (Å²) >= 11 is 1.06. The first-order chi connectivity index (χ1) is 7.25. The number of halogens is 2. The van der Waals surface area contributed by atoms with Gasteiger partial charge < -0.3 is 4.90 Å². The van der Waals surface area contributed by atoms with Crippen molar-refractivity contribution in [3.05, 3.63) is 23.8 Å². The van der Waals surface area contributed by atoms with E-state index >= 15 is 0 Å². The van der Waals surface area contributed by atoms with E-state index in [1.54, 1.807) is 6.34 Å². The fourth-order valence-electron chi connectivity index (χ4n) is 1.66. The summed E-state index contributed by atoms with van der Waals surface area (Å²) < 4.78 is 30.5. The lowest BCUT2D eigenvalue weighted by Gasteiger charge is -2.24. The van der Waals surface area contributed by atoms with Crippen molar-refractivity contribution < 1.29 is 8.78 Å². The molecule has 0 bridgehead atoms. The molecule has 1 aromatic rings. The largest absolute Gasteiger partial charge is 0.328 e. The van der Waals surface area contributed by atoms with Gasteiger partial charge in [-0.15, -0.1) is 0 Å². The third-order valence-electron chi connectivity index (χ3n) is 2.52. The Morgan fingerprint density at radius 3 is 2.87 bits per heavy atom. The lowest BCUT2D eigenvalue weighted by atomic mass is 10.2. The first-order valence-electron chi connectivity index (χ1n) is 4.73. The quantitative estimate of drug-likeness (QED) is 0.684. The Kier molecular flexibility index (Phi) is 1.95. The fourth-order valence-corrected chi connectivity index (χ4v) is 2.32. The Labute approximate surface area is 90.1 Å². The van der Waals surface area contributed by atoms with Crippen LogP contribution >= 0.6 is 11.9 Å². The predicted octanol–water partition coefficient (Wildman–Crippen LogP) is 2.98. The molecule has 1 fully saturated rings. The lowest BCUT2D eigenvalue weighted by molar-refractivity contribution is 0.565. The molecule has 1 heterocycles. The van der Waals surface area contributed by atoms with Crippen molar-refractivity contribution in [2.75, 3.05) is 4.90 Å². The van der Waals surface area contributed by atoms with E-state index < -0.39 is 11.6 Å².